The molecule has 0 rings (SSSR count). The van der Waals surface area contributed by atoms with E-state index in [1.807, 2.05) is 20.8 Å². The Labute approximate surface area is 106 Å². The van der Waals surface area contributed by atoms with Crippen LogP contribution in [0.15, 0.2) is 0 Å². The number of hydrogen-bond donors (Lipinski definition) is 4. The van der Waals surface area contributed by atoms with Crippen molar-refractivity contribution in [1.29, 1.82) is 0 Å². The van der Waals surface area contributed by atoms with Crippen LogP contribution in [0.4, 0.5) is 4.79 Å². The fourth-order valence-corrected chi connectivity index (χ4v) is 1.08. The molecule has 4 N–H and O–H groups in total. The van der Waals surface area contributed by atoms with E-state index in [0.29, 0.717) is 0 Å². The van der Waals surface area contributed by atoms with Crippen LogP contribution in [-0.2, 0) is 9.59 Å². The van der Waals surface area contributed by atoms with Crippen molar-refractivity contribution in [3.63, 3.8) is 0 Å². The molecule has 0 saturated heterocycles. The Balaban J connectivity index is 3.82. The number of carboxylic acids is 1. The molecule has 0 aromatic heterocycles. The summed E-state index contributed by atoms with van der Waals surface area (Å²) in [4.78, 5) is 33.1. The lowest BCUT2D eigenvalue weighted by Gasteiger charge is -2.20. The number of carbonyl (C=O) groups is 3. The van der Waals surface area contributed by atoms with Crippen molar-refractivity contribution < 1.29 is 19.5 Å². The number of aliphatic carboxylic acids is 1. The minimum atomic E-state index is -1.12. The van der Waals surface area contributed by atoms with Crippen molar-refractivity contribution in [3.05, 3.63) is 0 Å². The summed E-state index contributed by atoms with van der Waals surface area (Å²) < 4.78 is 0. The molecule has 0 saturated carbocycles. The number of rotatable bonds is 5. The molecule has 0 aliphatic carbocycles. The average Bonchev–Trinajstić information content (AvgIpc) is 2.14. The second-order valence-electron chi connectivity index (χ2n) is 5.01. The standard InChI is InChI=1S/C11H21N3O4/c1-7(9(16)17)13-10(18)12-6-5-8(15)14-11(2,3)4/h7H,5-6H2,1-4H3,(H,14,15)(H,16,17)(H2,12,13,18)/t7-/m1/s1. The van der Waals surface area contributed by atoms with Crippen LogP contribution in [0.25, 0.3) is 0 Å². The van der Waals surface area contributed by atoms with Crippen molar-refractivity contribution >= 4 is 17.9 Å². The second-order valence-corrected chi connectivity index (χ2v) is 5.01. The Morgan fingerprint density at radius 2 is 1.78 bits per heavy atom. The smallest absolute Gasteiger partial charge is 0.325 e. The molecule has 104 valence electrons. The maximum absolute atomic E-state index is 11.4. The van der Waals surface area contributed by atoms with Gasteiger partial charge in [-0.25, -0.2) is 4.79 Å². The number of hydrogen-bond acceptors (Lipinski definition) is 3. The van der Waals surface area contributed by atoms with Gasteiger partial charge in [-0.15, -0.1) is 0 Å². The van der Waals surface area contributed by atoms with E-state index in [1.165, 1.54) is 6.92 Å². The molecule has 0 heterocycles. The molecule has 7 heteroatoms. The van der Waals surface area contributed by atoms with Crippen molar-refractivity contribution in [2.24, 2.45) is 0 Å². The maximum atomic E-state index is 11.4. The summed E-state index contributed by atoms with van der Waals surface area (Å²) in [5, 5.41) is 15.9. The zero-order chi connectivity index (χ0) is 14.3. The molecule has 0 bridgehead atoms. The van der Waals surface area contributed by atoms with Gasteiger partial charge < -0.3 is 21.1 Å². The molecule has 0 unspecified atom stereocenters. The molecular weight excluding hydrogens is 238 g/mol. The van der Waals surface area contributed by atoms with Gasteiger partial charge in [-0.3, -0.25) is 9.59 Å². The second kappa shape index (κ2) is 6.83. The van der Waals surface area contributed by atoms with Crippen LogP contribution in [-0.4, -0.2) is 41.1 Å². The zero-order valence-electron chi connectivity index (χ0n) is 11.2. The Hall–Kier alpha value is -1.79. The topological polar surface area (TPSA) is 108 Å². The predicted octanol–water partition coefficient (Wildman–Crippen LogP) is 0.0635. The van der Waals surface area contributed by atoms with E-state index >= 15 is 0 Å². The molecular formula is C11H21N3O4. The van der Waals surface area contributed by atoms with E-state index < -0.39 is 18.0 Å². The van der Waals surface area contributed by atoms with Gasteiger partial charge in [-0.05, 0) is 27.7 Å². The number of amides is 3. The first-order valence-electron chi connectivity index (χ1n) is 5.70. The summed E-state index contributed by atoms with van der Waals surface area (Å²) in [6.07, 6.45) is 0.145. The fourth-order valence-electron chi connectivity index (χ4n) is 1.08. The van der Waals surface area contributed by atoms with Gasteiger partial charge in [0.05, 0.1) is 0 Å². The molecule has 1 atom stereocenters. The van der Waals surface area contributed by atoms with Gasteiger partial charge in [0, 0.05) is 18.5 Å². The van der Waals surface area contributed by atoms with Crippen LogP contribution in [0.5, 0.6) is 0 Å². The van der Waals surface area contributed by atoms with Gasteiger partial charge in [0.2, 0.25) is 5.91 Å². The quantitative estimate of drug-likeness (QED) is 0.560. The highest BCUT2D eigenvalue weighted by Crippen LogP contribution is 1.98. The first kappa shape index (κ1) is 16.2. The minimum absolute atomic E-state index is 0.145. The van der Waals surface area contributed by atoms with Gasteiger partial charge in [0.15, 0.2) is 0 Å². The van der Waals surface area contributed by atoms with E-state index in [-0.39, 0.29) is 24.4 Å². The van der Waals surface area contributed by atoms with Gasteiger partial charge in [0.1, 0.15) is 6.04 Å². The van der Waals surface area contributed by atoms with Crippen LogP contribution >= 0.6 is 0 Å². The number of carboxylic acid groups (broad SMARTS) is 1. The third-order valence-electron chi connectivity index (χ3n) is 1.87. The molecule has 3 amide bonds. The van der Waals surface area contributed by atoms with Crippen LogP contribution in [0.2, 0.25) is 0 Å². The molecule has 0 aliphatic rings. The van der Waals surface area contributed by atoms with Gasteiger partial charge in [0.25, 0.3) is 0 Å². The summed E-state index contributed by atoms with van der Waals surface area (Å²) in [5.74, 6) is -1.29. The Kier molecular flexibility index (Phi) is 6.15. The van der Waals surface area contributed by atoms with Gasteiger partial charge >= 0.3 is 12.0 Å². The van der Waals surface area contributed by atoms with Crippen LogP contribution in [0.3, 0.4) is 0 Å². The van der Waals surface area contributed by atoms with Crippen LogP contribution in [0.1, 0.15) is 34.1 Å². The molecule has 7 nitrogen and oxygen atoms in total. The average molecular weight is 259 g/mol. The normalized spacial score (nSPS) is 12.4. The van der Waals surface area contributed by atoms with Gasteiger partial charge in [-0.2, -0.15) is 0 Å². The van der Waals surface area contributed by atoms with Crippen molar-refractivity contribution in [3.8, 4) is 0 Å². The lowest BCUT2D eigenvalue weighted by molar-refractivity contribution is -0.138. The highest BCUT2D eigenvalue weighted by Gasteiger charge is 2.15. The van der Waals surface area contributed by atoms with E-state index in [0.717, 1.165) is 0 Å². The summed E-state index contributed by atoms with van der Waals surface area (Å²) in [6.45, 7) is 7.09. The first-order chi connectivity index (χ1) is 8.11. The first-order valence-corrected chi connectivity index (χ1v) is 5.70. The SMILES string of the molecule is C[C@@H](NC(=O)NCCC(=O)NC(C)(C)C)C(=O)O. The largest absolute Gasteiger partial charge is 0.480 e. The minimum Gasteiger partial charge on any atom is -0.480 e. The summed E-state index contributed by atoms with van der Waals surface area (Å²) in [6, 6.07) is -1.57. The highest BCUT2D eigenvalue weighted by molar-refractivity contribution is 5.82. The molecule has 0 radical (unpaired) electrons. The van der Waals surface area contributed by atoms with Crippen LogP contribution in [0, 0.1) is 0 Å². The van der Waals surface area contributed by atoms with E-state index in [1.54, 1.807) is 0 Å². The number of nitrogens with one attached hydrogen (secondary N) is 3. The molecule has 0 aromatic carbocycles. The lowest BCUT2D eigenvalue weighted by Crippen LogP contribution is -2.46. The summed E-state index contributed by atoms with van der Waals surface area (Å²) in [7, 11) is 0. The van der Waals surface area contributed by atoms with E-state index in [4.69, 9.17) is 5.11 Å². The summed E-state index contributed by atoms with van der Waals surface area (Å²) in [5.41, 5.74) is -0.308. The molecule has 0 aromatic rings. The molecule has 0 aliphatic heterocycles. The predicted molar refractivity (Wildman–Crippen MR) is 66.1 cm³/mol. The fraction of sp³-hybridized carbons (Fsp3) is 0.727. The Morgan fingerprint density at radius 1 is 1.22 bits per heavy atom. The number of urea groups is 1. The molecule has 18 heavy (non-hydrogen) atoms. The Bertz CT molecular complexity index is 323. The highest BCUT2D eigenvalue weighted by atomic mass is 16.4. The molecule has 0 fully saturated rings. The van der Waals surface area contributed by atoms with Crippen LogP contribution < -0.4 is 16.0 Å². The Morgan fingerprint density at radius 3 is 2.22 bits per heavy atom. The van der Waals surface area contributed by atoms with E-state index in [9.17, 15) is 14.4 Å². The summed E-state index contributed by atoms with van der Waals surface area (Å²) >= 11 is 0. The van der Waals surface area contributed by atoms with Crippen molar-refractivity contribution in [2.75, 3.05) is 6.54 Å². The van der Waals surface area contributed by atoms with Gasteiger partial charge in [-0.1, -0.05) is 0 Å². The zero-order valence-corrected chi connectivity index (χ0v) is 11.2. The number of carbonyl (C=O) groups excluding carboxylic acids is 2. The lowest BCUT2D eigenvalue weighted by atomic mass is 10.1. The monoisotopic (exact) mass is 259 g/mol. The maximum Gasteiger partial charge on any atom is 0.325 e. The third kappa shape index (κ3) is 8.37. The van der Waals surface area contributed by atoms with Crippen molar-refractivity contribution in [2.45, 2.75) is 45.7 Å². The third-order valence-corrected chi connectivity index (χ3v) is 1.87. The van der Waals surface area contributed by atoms with Crippen molar-refractivity contribution in [1.82, 2.24) is 16.0 Å². The van der Waals surface area contributed by atoms with E-state index in [2.05, 4.69) is 16.0 Å². The molecule has 0 spiro atoms.